The summed E-state index contributed by atoms with van der Waals surface area (Å²) < 4.78 is 0. The lowest BCUT2D eigenvalue weighted by Crippen LogP contribution is -2.45. The number of carbonyl (C=O) groups excluding carboxylic acids is 1. The third-order valence-electron chi connectivity index (χ3n) is 4.34. The summed E-state index contributed by atoms with van der Waals surface area (Å²) in [5.74, 6) is 1.31. The average Bonchev–Trinajstić information content (AvgIpc) is 2.46. The molecule has 2 N–H and O–H groups in total. The maximum Gasteiger partial charge on any atom is 0.235 e. The number of fused-ring (bicyclic) bond motifs is 1. The van der Waals surface area contributed by atoms with E-state index in [0.717, 1.165) is 51.0 Å². The fourth-order valence-corrected chi connectivity index (χ4v) is 3.13. The van der Waals surface area contributed by atoms with Crippen LogP contribution in [0.2, 0.25) is 0 Å². The SMILES string of the molecule is O=C1NC(=NCC2CCNCC2)N=C2CCCCC12. The number of hydrogen-bond donors (Lipinski definition) is 2. The number of amides is 1. The highest BCUT2D eigenvalue weighted by Gasteiger charge is 2.31. The van der Waals surface area contributed by atoms with Crippen LogP contribution >= 0.6 is 0 Å². The van der Waals surface area contributed by atoms with Crippen molar-refractivity contribution in [3.8, 4) is 0 Å². The first-order valence-corrected chi connectivity index (χ1v) is 7.46. The smallest absolute Gasteiger partial charge is 0.235 e. The quantitative estimate of drug-likeness (QED) is 0.782. The number of guanidine groups is 1. The van der Waals surface area contributed by atoms with Gasteiger partial charge in [-0.1, -0.05) is 6.42 Å². The van der Waals surface area contributed by atoms with Crippen LogP contribution in [0.4, 0.5) is 0 Å². The summed E-state index contributed by atoms with van der Waals surface area (Å²) in [5, 5.41) is 6.21. The van der Waals surface area contributed by atoms with E-state index >= 15 is 0 Å². The van der Waals surface area contributed by atoms with Crippen molar-refractivity contribution in [1.82, 2.24) is 10.6 Å². The molecule has 1 amide bonds. The van der Waals surface area contributed by atoms with Crippen LogP contribution in [0.15, 0.2) is 9.98 Å². The van der Waals surface area contributed by atoms with Crippen LogP contribution in [0.1, 0.15) is 38.5 Å². The van der Waals surface area contributed by atoms with Crippen molar-refractivity contribution in [3.63, 3.8) is 0 Å². The summed E-state index contributed by atoms with van der Waals surface area (Å²) in [6, 6.07) is 0. The number of nitrogens with one attached hydrogen (secondary N) is 2. The van der Waals surface area contributed by atoms with Crippen LogP contribution in [0, 0.1) is 11.8 Å². The van der Waals surface area contributed by atoms with Gasteiger partial charge in [-0.25, -0.2) is 4.99 Å². The van der Waals surface area contributed by atoms with Crippen LogP contribution in [-0.2, 0) is 4.79 Å². The Morgan fingerprint density at radius 2 is 2.05 bits per heavy atom. The highest BCUT2D eigenvalue weighted by Crippen LogP contribution is 2.24. The van der Waals surface area contributed by atoms with Gasteiger partial charge in [-0.05, 0) is 51.1 Å². The fraction of sp³-hybridized carbons (Fsp3) is 0.786. The van der Waals surface area contributed by atoms with Gasteiger partial charge in [0.15, 0.2) is 0 Å². The zero-order valence-corrected chi connectivity index (χ0v) is 11.3. The topological polar surface area (TPSA) is 65.8 Å². The Morgan fingerprint density at radius 3 is 2.89 bits per heavy atom. The zero-order chi connectivity index (χ0) is 13.1. The van der Waals surface area contributed by atoms with Crippen molar-refractivity contribution in [3.05, 3.63) is 0 Å². The number of piperidine rings is 1. The molecule has 1 saturated heterocycles. The van der Waals surface area contributed by atoms with E-state index in [1.807, 2.05) is 0 Å². The van der Waals surface area contributed by atoms with E-state index < -0.39 is 0 Å². The highest BCUT2D eigenvalue weighted by molar-refractivity contribution is 6.17. The summed E-state index contributed by atoms with van der Waals surface area (Å²) in [4.78, 5) is 21.1. The Bertz CT molecular complexity index is 410. The summed E-state index contributed by atoms with van der Waals surface area (Å²) in [6.45, 7) is 2.95. The molecule has 0 aromatic heterocycles. The molecule has 0 bridgehead atoms. The fourth-order valence-electron chi connectivity index (χ4n) is 3.13. The van der Waals surface area contributed by atoms with Crippen LogP contribution in [-0.4, -0.2) is 37.2 Å². The Hall–Kier alpha value is -1.23. The molecule has 1 unspecified atom stereocenters. The minimum Gasteiger partial charge on any atom is -0.317 e. The molecular formula is C14H22N4O. The second kappa shape index (κ2) is 5.82. The Labute approximate surface area is 114 Å². The first-order valence-electron chi connectivity index (χ1n) is 7.46. The molecule has 3 aliphatic rings. The molecule has 3 rings (SSSR count). The van der Waals surface area contributed by atoms with Crippen molar-refractivity contribution < 1.29 is 4.79 Å². The third-order valence-corrected chi connectivity index (χ3v) is 4.34. The monoisotopic (exact) mass is 262 g/mol. The number of rotatable bonds is 2. The molecule has 0 radical (unpaired) electrons. The van der Waals surface area contributed by atoms with Crippen LogP contribution in [0.25, 0.3) is 0 Å². The maximum absolute atomic E-state index is 12.0. The van der Waals surface area contributed by atoms with Gasteiger partial charge in [0.1, 0.15) is 0 Å². The van der Waals surface area contributed by atoms with E-state index in [2.05, 4.69) is 20.6 Å². The molecule has 2 aliphatic heterocycles. The van der Waals surface area contributed by atoms with Crippen molar-refractivity contribution in [2.24, 2.45) is 21.8 Å². The molecule has 104 valence electrons. The van der Waals surface area contributed by atoms with Gasteiger partial charge >= 0.3 is 0 Å². The lowest BCUT2D eigenvalue weighted by Gasteiger charge is -2.27. The minimum absolute atomic E-state index is 0.0200. The number of nitrogens with zero attached hydrogens (tertiary/aromatic N) is 2. The summed E-state index contributed by atoms with van der Waals surface area (Å²) in [7, 11) is 0. The van der Waals surface area contributed by atoms with E-state index in [0.29, 0.717) is 11.9 Å². The summed E-state index contributed by atoms with van der Waals surface area (Å²) in [5.41, 5.74) is 1.05. The molecule has 1 atom stereocenters. The Morgan fingerprint density at radius 1 is 1.21 bits per heavy atom. The lowest BCUT2D eigenvalue weighted by molar-refractivity contribution is -0.122. The maximum atomic E-state index is 12.0. The Balaban J connectivity index is 1.65. The van der Waals surface area contributed by atoms with Crippen LogP contribution in [0.3, 0.4) is 0 Å². The predicted octanol–water partition coefficient (Wildman–Crippen LogP) is 1.10. The molecule has 1 aliphatic carbocycles. The van der Waals surface area contributed by atoms with E-state index in [1.165, 1.54) is 12.8 Å². The van der Waals surface area contributed by atoms with Gasteiger partial charge in [-0.3, -0.25) is 15.1 Å². The third kappa shape index (κ3) is 3.03. The molecule has 5 heteroatoms. The predicted molar refractivity (Wildman–Crippen MR) is 75.4 cm³/mol. The second-order valence-corrected chi connectivity index (χ2v) is 5.75. The average molecular weight is 262 g/mol. The summed E-state index contributed by atoms with van der Waals surface area (Å²) in [6.07, 6.45) is 6.55. The van der Waals surface area contributed by atoms with E-state index in [9.17, 15) is 4.79 Å². The molecule has 2 fully saturated rings. The van der Waals surface area contributed by atoms with Crippen molar-refractivity contribution >= 4 is 17.6 Å². The highest BCUT2D eigenvalue weighted by atomic mass is 16.2. The van der Waals surface area contributed by atoms with Crippen LogP contribution in [0.5, 0.6) is 0 Å². The van der Waals surface area contributed by atoms with Crippen LogP contribution < -0.4 is 10.6 Å². The molecule has 2 heterocycles. The van der Waals surface area contributed by atoms with Gasteiger partial charge in [0.05, 0.1) is 5.92 Å². The zero-order valence-electron chi connectivity index (χ0n) is 11.3. The molecule has 1 saturated carbocycles. The first kappa shape index (κ1) is 12.8. The standard InChI is InChI=1S/C14H22N4O/c19-13-11-3-1-2-4-12(11)17-14(18-13)16-9-10-5-7-15-8-6-10/h10-11,15H,1-9H2,(H,16,18,19). The summed E-state index contributed by atoms with van der Waals surface area (Å²) >= 11 is 0. The van der Waals surface area contributed by atoms with E-state index in [-0.39, 0.29) is 11.8 Å². The van der Waals surface area contributed by atoms with Gasteiger partial charge in [0.25, 0.3) is 0 Å². The van der Waals surface area contributed by atoms with Gasteiger partial charge in [-0.2, -0.15) is 0 Å². The molecule has 0 spiro atoms. The lowest BCUT2D eigenvalue weighted by atomic mass is 9.86. The van der Waals surface area contributed by atoms with Gasteiger partial charge in [0, 0.05) is 12.3 Å². The van der Waals surface area contributed by atoms with E-state index in [4.69, 9.17) is 0 Å². The first-order chi connectivity index (χ1) is 9.33. The molecule has 5 nitrogen and oxygen atoms in total. The van der Waals surface area contributed by atoms with Crippen molar-refractivity contribution in [2.75, 3.05) is 19.6 Å². The van der Waals surface area contributed by atoms with E-state index in [1.54, 1.807) is 0 Å². The Kier molecular flexibility index (Phi) is 3.92. The largest absolute Gasteiger partial charge is 0.317 e. The molecule has 0 aromatic carbocycles. The minimum atomic E-state index is 0.0200. The second-order valence-electron chi connectivity index (χ2n) is 5.75. The van der Waals surface area contributed by atoms with Gasteiger partial charge in [-0.15, -0.1) is 0 Å². The van der Waals surface area contributed by atoms with Crippen molar-refractivity contribution in [1.29, 1.82) is 0 Å². The number of carbonyl (C=O) groups is 1. The number of aliphatic imine (C=N–C) groups is 2. The molecular weight excluding hydrogens is 240 g/mol. The molecule has 0 aromatic rings. The normalized spacial score (nSPS) is 30.7. The molecule has 19 heavy (non-hydrogen) atoms. The number of hydrogen-bond acceptors (Lipinski definition) is 3. The van der Waals surface area contributed by atoms with Gasteiger partial charge in [0.2, 0.25) is 11.9 Å². The van der Waals surface area contributed by atoms with Crippen molar-refractivity contribution in [2.45, 2.75) is 38.5 Å². The van der Waals surface area contributed by atoms with Gasteiger partial charge < -0.3 is 5.32 Å².